The Labute approximate surface area is 207 Å². The first-order valence-corrected chi connectivity index (χ1v) is 11.7. The maximum absolute atomic E-state index is 12.7. The Balaban J connectivity index is 1.61. The molecule has 182 valence electrons. The molecule has 0 saturated heterocycles. The minimum absolute atomic E-state index is 0.252. The molecule has 0 aliphatic rings. The van der Waals surface area contributed by atoms with Crippen LogP contribution in [0.2, 0.25) is 0 Å². The second-order valence-corrected chi connectivity index (χ2v) is 9.16. The number of methoxy groups -OCH3 is 1. The van der Waals surface area contributed by atoms with Gasteiger partial charge in [-0.1, -0.05) is 22.9 Å². The third-order valence-electron chi connectivity index (χ3n) is 5.51. The van der Waals surface area contributed by atoms with Crippen LogP contribution < -0.4 is 21.3 Å². The lowest BCUT2D eigenvalue weighted by atomic mass is 10.1. The highest BCUT2D eigenvalue weighted by Gasteiger charge is 2.19. The maximum Gasteiger partial charge on any atom is 0.339 e. The van der Waals surface area contributed by atoms with Crippen LogP contribution in [-0.2, 0) is 18.8 Å². The highest BCUT2D eigenvalue weighted by atomic mass is 79.9. The normalized spacial score (nSPS) is 11.8. The molecule has 3 N–H and O–H groups in total. The van der Waals surface area contributed by atoms with E-state index < -0.39 is 5.97 Å². The highest BCUT2D eigenvalue weighted by Crippen LogP contribution is 2.28. The van der Waals surface area contributed by atoms with Crippen LogP contribution in [0.25, 0.3) is 11.1 Å². The van der Waals surface area contributed by atoms with Crippen LogP contribution in [0.5, 0.6) is 5.88 Å². The number of nitrogen functional groups attached to an aromatic ring is 1. The fourth-order valence-electron chi connectivity index (χ4n) is 3.60. The molecule has 0 spiro atoms. The zero-order valence-corrected chi connectivity index (χ0v) is 21.4. The summed E-state index contributed by atoms with van der Waals surface area (Å²) >= 11 is 3.41. The minimum Gasteiger partial charge on any atom is -0.477 e. The molecule has 0 aliphatic carbocycles. The number of anilines is 2. The smallest absolute Gasteiger partial charge is 0.339 e. The number of rotatable bonds is 10. The van der Waals surface area contributed by atoms with Crippen LogP contribution in [0.15, 0.2) is 45.9 Å². The Morgan fingerprint density at radius 1 is 1.26 bits per heavy atom. The van der Waals surface area contributed by atoms with Crippen molar-refractivity contribution in [2.24, 2.45) is 20.0 Å². The van der Waals surface area contributed by atoms with E-state index in [1.165, 1.54) is 23.9 Å². The first-order valence-electron chi connectivity index (χ1n) is 10.9. The monoisotopic (exact) mass is 531 g/mol. The van der Waals surface area contributed by atoms with Crippen LogP contribution >= 0.6 is 15.9 Å². The molecule has 3 rings (SSSR count). The van der Waals surface area contributed by atoms with Gasteiger partial charge in [-0.3, -0.25) is 4.79 Å². The van der Waals surface area contributed by atoms with Gasteiger partial charge in [-0.15, -0.1) is 0 Å². The maximum atomic E-state index is 12.7. The number of esters is 1. The van der Waals surface area contributed by atoms with Gasteiger partial charge in [0.25, 0.3) is 5.56 Å². The molecule has 3 aromatic rings. The summed E-state index contributed by atoms with van der Waals surface area (Å²) in [5.41, 5.74) is 8.56. The molecule has 0 saturated carbocycles. The number of benzene rings is 1. The fraction of sp³-hybridized carbons (Fsp3) is 0.375. The quantitative estimate of drug-likeness (QED) is 0.232. The first-order chi connectivity index (χ1) is 16.2. The Bertz CT molecular complexity index is 1220. The number of hydrogen-bond acceptors (Lipinski definition) is 7. The molecule has 0 unspecified atom stereocenters. The third kappa shape index (κ3) is 5.99. The number of nitrogens with one attached hydrogen (secondary N) is 1. The third-order valence-corrected chi connectivity index (χ3v) is 6.01. The number of nitrogens with zero attached hydrogens (tertiary/aromatic N) is 3. The molecule has 1 aromatic carbocycles. The van der Waals surface area contributed by atoms with Gasteiger partial charge in [0.15, 0.2) is 0 Å². The van der Waals surface area contributed by atoms with Gasteiger partial charge < -0.3 is 25.1 Å². The van der Waals surface area contributed by atoms with Crippen LogP contribution in [0.1, 0.15) is 30.1 Å². The zero-order chi connectivity index (χ0) is 24.8. The Kier molecular flexibility index (Phi) is 8.38. The molecule has 2 heterocycles. The number of carbonyl (C=O) groups excluding carboxylic acids is 1. The van der Waals surface area contributed by atoms with Gasteiger partial charge in [0.2, 0.25) is 5.88 Å². The van der Waals surface area contributed by atoms with Crippen molar-refractivity contribution in [3.63, 3.8) is 0 Å². The van der Waals surface area contributed by atoms with Gasteiger partial charge >= 0.3 is 5.97 Å². The topological polar surface area (TPSA) is 113 Å². The summed E-state index contributed by atoms with van der Waals surface area (Å²) in [6.07, 6.45) is 4.79. The fourth-order valence-corrected chi connectivity index (χ4v) is 3.98. The summed E-state index contributed by atoms with van der Waals surface area (Å²) in [6, 6.07) is 7.30. The van der Waals surface area contributed by atoms with Crippen molar-refractivity contribution >= 4 is 33.3 Å². The Morgan fingerprint density at radius 2 is 2.03 bits per heavy atom. The summed E-state index contributed by atoms with van der Waals surface area (Å²) in [5.74, 6) is 0.366. The molecule has 10 heteroatoms. The standard InChI is InChI=1S/C24H30BrN5O4/c1-15(12-27-21-8-7-17(25)11-20(21)26)6-5-9-34-23-19(13-28-30(23)3)18-10-16(24(32)33-4)14-29(2)22(18)31/h7-8,10-11,13-15,27H,5-6,9,12,26H2,1-4H3/t15-/m1/s1. The zero-order valence-electron chi connectivity index (χ0n) is 19.8. The van der Waals surface area contributed by atoms with Crippen LogP contribution in [-0.4, -0.2) is 40.6 Å². The molecular formula is C24H30BrN5O4. The number of aryl methyl sites for hydroxylation is 2. The summed E-state index contributed by atoms with van der Waals surface area (Å²) in [5, 5.41) is 7.64. The molecule has 9 nitrogen and oxygen atoms in total. The van der Waals surface area contributed by atoms with E-state index in [-0.39, 0.29) is 11.1 Å². The van der Waals surface area contributed by atoms with Crippen molar-refractivity contribution in [1.29, 1.82) is 0 Å². The number of halogens is 1. The van der Waals surface area contributed by atoms with Crippen molar-refractivity contribution in [2.75, 3.05) is 31.3 Å². The van der Waals surface area contributed by atoms with E-state index in [1.54, 1.807) is 25.0 Å². The molecule has 0 aliphatic heterocycles. The molecule has 0 fully saturated rings. The Hall–Kier alpha value is -3.27. The predicted octanol–water partition coefficient (Wildman–Crippen LogP) is 3.82. The lowest BCUT2D eigenvalue weighted by Crippen LogP contribution is -2.20. The van der Waals surface area contributed by atoms with Crippen LogP contribution in [0.3, 0.4) is 0 Å². The van der Waals surface area contributed by atoms with Gasteiger partial charge in [-0.05, 0) is 43.0 Å². The van der Waals surface area contributed by atoms with Crippen LogP contribution in [0.4, 0.5) is 11.4 Å². The second kappa shape index (κ2) is 11.2. The second-order valence-electron chi connectivity index (χ2n) is 8.25. The van der Waals surface area contributed by atoms with Gasteiger partial charge in [0, 0.05) is 31.3 Å². The minimum atomic E-state index is -0.518. The van der Waals surface area contributed by atoms with Gasteiger partial charge in [0.1, 0.15) is 0 Å². The number of carbonyl (C=O) groups is 1. The SMILES string of the molecule is COC(=O)c1cc(-c2cnn(C)c2OCCC[C@@H](C)CNc2ccc(Br)cc2N)c(=O)n(C)c1. The first kappa shape index (κ1) is 25.4. The van der Waals surface area contributed by atoms with Gasteiger partial charge in [0.05, 0.1) is 48.0 Å². The van der Waals surface area contributed by atoms with Gasteiger partial charge in [-0.2, -0.15) is 5.10 Å². The molecule has 1 atom stereocenters. The summed E-state index contributed by atoms with van der Waals surface area (Å²) in [4.78, 5) is 24.7. The largest absolute Gasteiger partial charge is 0.477 e. The van der Waals surface area contributed by atoms with E-state index in [0.717, 1.165) is 29.5 Å². The number of aromatic nitrogens is 3. The molecule has 34 heavy (non-hydrogen) atoms. The number of nitrogens with two attached hydrogens (primary N) is 1. The summed E-state index contributed by atoms with van der Waals surface area (Å²) < 4.78 is 14.7. The molecule has 0 bridgehead atoms. The summed E-state index contributed by atoms with van der Waals surface area (Å²) in [7, 11) is 4.64. The molecule has 2 aromatic heterocycles. The van der Waals surface area contributed by atoms with E-state index in [1.807, 2.05) is 18.2 Å². The van der Waals surface area contributed by atoms with Crippen molar-refractivity contribution in [3.8, 4) is 17.0 Å². The average molecular weight is 532 g/mol. The van der Waals surface area contributed by atoms with Crippen molar-refractivity contribution in [1.82, 2.24) is 14.3 Å². The van der Waals surface area contributed by atoms with E-state index in [0.29, 0.717) is 35.2 Å². The molecular weight excluding hydrogens is 502 g/mol. The number of pyridine rings is 1. The van der Waals surface area contributed by atoms with Crippen molar-refractivity contribution < 1.29 is 14.3 Å². The van der Waals surface area contributed by atoms with E-state index >= 15 is 0 Å². The Morgan fingerprint density at radius 3 is 2.74 bits per heavy atom. The lowest BCUT2D eigenvalue weighted by molar-refractivity contribution is 0.0599. The lowest BCUT2D eigenvalue weighted by Gasteiger charge is -2.15. The van der Waals surface area contributed by atoms with E-state index in [9.17, 15) is 9.59 Å². The van der Waals surface area contributed by atoms with E-state index in [4.69, 9.17) is 15.2 Å². The van der Waals surface area contributed by atoms with Crippen LogP contribution in [0, 0.1) is 5.92 Å². The molecule has 0 radical (unpaired) electrons. The number of hydrogen-bond donors (Lipinski definition) is 2. The predicted molar refractivity (Wildman–Crippen MR) is 136 cm³/mol. The highest BCUT2D eigenvalue weighted by molar-refractivity contribution is 9.10. The van der Waals surface area contributed by atoms with Gasteiger partial charge in [-0.25, -0.2) is 9.48 Å². The molecule has 0 amide bonds. The number of ether oxygens (including phenoxy) is 2. The van der Waals surface area contributed by atoms with Crippen molar-refractivity contribution in [2.45, 2.75) is 19.8 Å². The van der Waals surface area contributed by atoms with E-state index in [2.05, 4.69) is 33.3 Å². The van der Waals surface area contributed by atoms with Crippen molar-refractivity contribution in [3.05, 3.63) is 57.0 Å². The average Bonchev–Trinajstić information content (AvgIpc) is 3.17. The summed E-state index contributed by atoms with van der Waals surface area (Å²) in [6.45, 7) is 3.42.